The fraction of sp³-hybridized carbons (Fsp3) is 0.231. The largest absolute Gasteiger partial charge is 0.496 e. The monoisotopic (exact) mass is 433 g/mol. The van der Waals surface area contributed by atoms with E-state index >= 15 is 0 Å². The third-order valence-corrected chi connectivity index (χ3v) is 4.99. The van der Waals surface area contributed by atoms with Gasteiger partial charge in [-0.1, -0.05) is 54.6 Å². The molecular formula is C26H27NO5. The van der Waals surface area contributed by atoms with Gasteiger partial charge < -0.3 is 19.5 Å². The highest BCUT2D eigenvalue weighted by Crippen LogP contribution is 2.28. The zero-order valence-electron chi connectivity index (χ0n) is 18.5. The van der Waals surface area contributed by atoms with Gasteiger partial charge in [0.1, 0.15) is 11.5 Å². The van der Waals surface area contributed by atoms with Gasteiger partial charge in [0.05, 0.1) is 19.9 Å². The molecule has 0 fully saturated rings. The van der Waals surface area contributed by atoms with Crippen LogP contribution in [0, 0.1) is 6.92 Å². The standard InChI is InChI=1S/C26H27NO5/c1-18-13-15-23(31-3)21(17-18)27-26(29)25(20-10-5-4-6-11-20)32-24(28)16-14-19-9-7-8-12-22(19)30-2/h4-13,15,17,25H,14,16H2,1-3H3,(H,27,29). The SMILES string of the molecule is COc1ccccc1CCC(=O)OC(C(=O)Nc1cc(C)ccc1OC)c1ccccc1. The fourth-order valence-electron chi connectivity index (χ4n) is 3.36. The summed E-state index contributed by atoms with van der Waals surface area (Å²) >= 11 is 0. The Labute approximate surface area is 188 Å². The Morgan fingerprint density at radius 2 is 1.56 bits per heavy atom. The molecule has 0 aliphatic rings. The van der Waals surface area contributed by atoms with Gasteiger partial charge >= 0.3 is 5.97 Å². The van der Waals surface area contributed by atoms with E-state index in [4.69, 9.17) is 14.2 Å². The molecule has 1 amide bonds. The van der Waals surface area contributed by atoms with Crippen LogP contribution < -0.4 is 14.8 Å². The Kier molecular flexibility index (Phi) is 7.86. The second kappa shape index (κ2) is 11.0. The van der Waals surface area contributed by atoms with Gasteiger partial charge in [-0.2, -0.15) is 0 Å². The molecule has 3 aromatic carbocycles. The van der Waals surface area contributed by atoms with Gasteiger partial charge in [0.2, 0.25) is 6.10 Å². The average Bonchev–Trinajstić information content (AvgIpc) is 2.82. The summed E-state index contributed by atoms with van der Waals surface area (Å²) in [6, 6.07) is 21.9. The molecule has 6 nitrogen and oxygen atoms in total. The highest BCUT2D eigenvalue weighted by molar-refractivity contribution is 5.97. The Hall–Kier alpha value is -3.80. The number of para-hydroxylation sites is 1. The minimum Gasteiger partial charge on any atom is -0.496 e. The molecule has 0 heterocycles. The van der Waals surface area contributed by atoms with Gasteiger partial charge in [-0.05, 0) is 42.7 Å². The maximum Gasteiger partial charge on any atom is 0.307 e. The van der Waals surface area contributed by atoms with Crippen LogP contribution in [-0.2, 0) is 20.7 Å². The van der Waals surface area contributed by atoms with Crippen molar-refractivity contribution in [3.05, 3.63) is 89.5 Å². The zero-order valence-corrected chi connectivity index (χ0v) is 18.5. The normalized spacial score (nSPS) is 11.3. The van der Waals surface area contributed by atoms with Crippen LogP contribution >= 0.6 is 0 Å². The smallest absolute Gasteiger partial charge is 0.307 e. The Morgan fingerprint density at radius 3 is 2.28 bits per heavy atom. The summed E-state index contributed by atoms with van der Waals surface area (Å²) < 4.78 is 16.3. The number of carbonyl (C=O) groups is 2. The first-order chi connectivity index (χ1) is 15.5. The second-order valence-corrected chi connectivity index (χ2v) is 7.29. The second-order valence-electron chi connectivity index (χ2n) is 7.29. The zero-order chi connectivity index (χ0) is 22.9. The molecule has 166 valence electrons. The van der Waals surface area contributed by atoms with Crippen molar-refractivity contribution < 1.29 is 23.8 Å². The summed E-state index contributed by atoms with van der Waals surface area (Å²) in [5.41, 5.74) is 2.97. The van der Waals surface area contributed by atoms with Crippen molar-refractivity contribution >= 4 is 17.6 Å². The Bertz CT molecular complexity index is 1060. The molecule has 0 saturated carbocycles. The first kappa shape index (κ1) is 22.9. The molecule has 0 aliphatic heterocycles. The molecule has 0 radical (unpaired) electrons. The van der Waals surface area contributed by atoms with E-state index in [1.54, 1.807) is 37.4 Å². The minimum atomic E-state index is -1.09. The molecule has 1 atom stereocenters. The van der Waals surface area contributed by atoms with Gasteiger partial charge in [0.25, 0.3) is 5.91 Å². The lowest BCUT2D eigenvalue weighted by Crippen LogP contribution is -2.26. The third-order valence-electron chi connectivity index (χ3n) is 4.99. The molecule has 0 aliphatic carbocycles. The van der Waals surface area contributed by atoms with Crippen molar-refractivity contribution in [1.82, 2.24) is 0 Å². The van der Waals surface area contributed by atoms with Gasteiger partial charge in [-0.3, -0.25) is 9.59 Å². The van der Waals surface area contributed by atoms with E-state index in [0.29, 0.717) is 29.2 Å². The lowest BCUT2D eigenvalue weighted by Gasteiger charge is -2.19. The number of nitrogens with one attached hydrogen (secondary N) is 1. The predicted octanol–water partition coefficient (Wildman–Crippen LogP) is 4.87. The van der Waals surface area contributed by atoms with E-state index in [2.05, 4.69) is 5.32 Å². The molecule has 0 bridgehead atoms. The number of methoxy groups -OCH3 is 2. The van der Waals surface area contributed by atoms with Crippen molar-refractivity contribution in [2.45, 2.75) is 25.9 Å². The number of hydrogen-bond acceptors (Lipinski definition) is 5. The summed E-state index contributed by atoms with van der Waals surface area (Å²) in [5.74, 6) is 0.310. The molecule has 0 spiro atoms. The third kappa shape index (κ3) is 5.88. The van der Waals surface area contributed by atoms with Crippen molar-refractivity contribution in [3.8, 4) is 11.5 Å². The number of anilines is 1. The van der Waals surface area contributed by atoms with Gasteiger partial charge in [-0.15, -0.1) is 0 Å². The molecule has 32 heavy (non-hydrogen) atoms. The number of amides is 1. The molecule has 1 N–H and O–H groups in total. The molecule has 0 saturated heterocycles. The van der Waals surface area contributed by atoms with Crippen molar-refractivity contribution in [1.29, 1.82) is 0 Å². The average molecular weight is 434 g/mol. The van der Waals surface area contributed by atoms with E-state index in [9.17, 15) is 9.59 Å². The number of esters is 1. The van der Waals surface area contributed by atoms with Crippen molar-refractivity contribution in [3.63, 3.8) is 0 Å². The predicted molar refractivity (Wildman–Crippen MR) is 123 cm³/mol. The summed E-state index contributed by atoms with van der Waals surface area (Å²) in [6.07, 6.45) is -0.533. The minimum absolute atomic E-state index is 0.116. The molecule has 3 aromatic rings. The van der Waals surface area contributed by atoms with E-state index in [1.165, 1.54) is 7.11 Å². The lowest BCUT2D eigenvalue weighted by molar-refractivity contribution is -0.154. The maximum absolute atomic E-state index is 13.1. The van der Waals surface area contributed by atoms with E-state index in [0.717, 1.165) is 11.1 Å². The number of aryl methyl sites for hydroxylation is 2. The molecular weight excluding hydrogens is 406 g/mol. The number of hydrogen-bond donors (Lipinski definition) is 1. The lowest BCUT2D eigenvalue weighted by atomic mass is 10.1. The number of ether oxygens (including phenoxy) is 3. The van der Waals surface area contributed by atoms with Crippen LogP contribution in [0.4, 0.5) is 5.69 Å². The van der Waals surface area contributed by atoms with Crippen LogP contribution in [0.1, 0.15) is 29.2 Å². The van der Waals surface area contributed by atoms with Gasteiger partial charge in [0.15, 0.2) is 0 Å². The molecule has 1 unspecified atom stereocenters. The maximum atomic E-state index is 13.1. The number of rotatable bonds is 9. The van der Waals surface area contributed by atoms with E-state index in [1.807, 2.05) is 49.4 Å². The Morgan fingerprint density at radius 1 is 0.875 bits per heavy atom. The number of carbonyl (C=O) groups excluding carboxylic acids is 2. The Balaban J connectivity index is 1.75. The van der Waals surface area contributed by atoms with Crippen LogP contribution in [0.15, 0.2) is 72.8 Å². The van der Waals surface area contributed by atoms with Crippen LogP contribution in [0.5, 0.6) is 11.5 Å². The quantitative estimate of drug-likeness (QED) is 0.488. The van der Waals surface area contributed by atoms with E-state index < -0.39 is 18.0 Å². The van der Waals surface area contributed by atoms with Crippen LogP contribution in [0.25, 0.3) is 0 Å². The van der Waals surface area contributed by atoms with Crippen LogP contribution in [-0.4, -0.2) is 26.1 Å². The van der Waals surface area contributed by atoms with Crippen LogP contribution in [0.2, 0.25) is 0 Å². The first-order valence-electron chi connectivity index (χ1n) is 10.3. The highest BCUT2D eigenvalue weighted by atomic mass is 16.5. The van der Waals surface area contributed by atoms with Gasteiger partial charge in [0, 0.05) is 12.0 Å². The number of benzene rings is 3. The van der Waals surface area contributed by atoms with Crippen molar-refractivity contribution in [2.75, 3.05) is 19.5 Å². The first-order valence-corrected chi connectivity index (χ1v) is 10.3. The fourth-order valence-corrected chi connectivity index (χ4v) is 3.36. The van der Waals surface area contributed by atoms with Crippen molar-refractivity contribution in [2.24, 2.45) is 0 Å². The molecule has 3 rings (SSSR count). The van der Waals surface area contributed by atoms with Gasteiger partial charge in [-0.25, -0.2) is 0 Å². The molecule has 0 aromatic heterocycles. The molecule has 6 heteroatoms. The topological polar surface area (TPSA) is 73.9 Å². The van der Waals surface area contributed by atoms with E-state index in [-0.39, 0.29) is 6.42 Å². The summed E-state index contributed by atoms with van der Waals surface area (Å²) in [5, 5.41) is 2.84. The summed E-state index contributed by atoms with van der Waals surface area (Å²) in [6.45, 7) is 1.92. The summed E-state index contributed by atoms with van der Waals surface area (Å²) in [4.78, 5) is 25.8. The summed E-state index contributed by atoms with van der Waals surface area (Å²) in [7, 11) is 3.12. The highest BCUT2D eigenvalue weighted by Gasteiger charge is 2.26. The van der Waals surface area contributed by atoms with Crippen LogP contribution in [0.3, 0.4) is 0 Å².